The number of piperidine rings is 1. The van der Waals surface area contributed by atoms with Crippen molar-refractivity contribution in [3.8, 4) is 0 Å². The molecule has 1 fully saturated rings. The maximum Gasteiger partial charge on any atom is 0.352 e. The molecule has 2 rings (SSSR count). The van der Waals surface area contributed by atoms with Crippen LogP contribution in [0.2, 0.25) is 0 Å². The van der Waals surface area contributed by atoms with Crippen LogP contribution in [0, 0.1) is 0 Å². The van der Waals surface area contributed by atoms with Gasteiger partial charge in [0, 0.05) is 31.9 Å². The standard InChI is InChI=1S/C14H22N2O3/c17-11-2-1-7-15-9-5-12(6-10-15)16-8-3-4-13(16)14(18)19/h3-4,8,12,17H,1-2,5-7,9-11H2,(H,18,19). The number of aromatic carboxylic acids is 1. The van der Waals surface area contributed by atoms with Crippen molar-refractivity contribution < 1.29 is 15.0 Å². The van der Waals surface area contributed by atoms with Crippen molar-refractivity contribution in [2.45, 2.75) is 31.7 Å². The monoisotopic (exact) mass is 266 g/mol. The first-order valence-corrected chi connectivity index (χ1v) is 6.95. The summed E-state index contributed by atoms with van der Waals surface area (Å²) in [6, 6.07) is 3.77. The third-order valence-corrected chi connectivity index (χ3v) is 3.83. The van der Waals surface area contributed by atoms with Gasteiger partial charge < -0.3 is 19.7 Å². The summed E-state index contributed by atoms with van der Waals surface area (Å²) in [6.07, 6.45) is 5.75. The van der Waals surface area contributed by atoms with Crippen molar-refractivity contribution in [1.82, 2.24) is 9.47 Å². The zero-order valence-corrected chi connectivity index (χ0v) is 11.2. The lowest BCUT2D eigenvalue weighted by Crippen LogP contribution is -2.35. The normalized spacial score (nSPS) is 17.7. The highest BCUT2D eigenvalue weighted by molar-refractivity contribution is 5.85. The van der Waals surface area contributed by atoms with E-state index in [1.165, 1.54) is 0 Å². The Morgan fingerprint density at radius 1 is 1.32 bits per heavy atom. The summed E-state index contributed by atoms with van der Waals surface area (Å²) in [5.74, 6) is -0.852. The number of nitrogens with zero attached hydrogens (tertiary/aromatic N) is 2. The highest BCUT2D eigenvalue weighted by Gasteiger charge is 2.22. The van der Waals surface area contributed by atoms with Crippen molar-refractivity contribution >= 4 is 5.97 Å². The van der Waals surface area contributed by atoms with E-state index in [2.05, 4.69) is 4.90 Å². The van der Waals surface area contributed by atoms with Gasteiger partial charge in [0.2, 0.25) is 0 Å². The summed E-state index contributed by atoms with van der Waals surface area (Å²) in [4.78, 5) is 13.5. The second kappa shape index (κ2) is 6.73. The average molecular weight is 266 g/mol. The minimum Gasteiger partial charge on any atom is -0.477 e. The van der Waals surface area contributed by atoms with Gasteiger partial charge in [0.25, 0.3) is 0 Å². The minimum absolute atomic E-state index is 0.266. The fourth-order valence-corrected chi connectivity index (χ4v) is 2.76. The van der Waals surface area contributed by atoms with Crippen LogP contribution in [-0.4, -0.2) is 51.9 Å². The molecule has 0 atom stereocenters. The Kier molecular flexibility index (Phi) is 4.99. The number of carboxylic acid groups (broad SMARTS) is 1. The number of aliphatic hydroxyl groups excluding tert-OH is 1. The van der Waals surface area contributed by atoms with Crippen LogP contribution in [0.25, 0.3) is 0 Å². The molecule has 0 aromatic carbocycles. The quantitative estimate of drug-likeness (QED) is 0.768. The van der Waals surface area contributed by atoms with Gasteiger partial charge in [-0.05, 0) is 44.4 Å². The Balaban J connectivity index is 1.86. The van der Waals surface area contributed by atoms with Gasteiger partial charge in [-0.3, -0.25) is 0 Å². The van der Waals surface area contributed by atoms with Gasteiger partial charge in [-0.25, -0.2) is 4.79 Å². The molecule has 0 radical (unpaired) electrons. The molecule has 19 heavy (non-hydrogen) atoms. The third-order valence-electron chi connectivity index (χ3n) is 3.83. The summed E-state index contributed by atoms with van der Waals surface area (Å²) >= 11 is 0. The molecule has 1 aliphatic heterocycles. The van der Waals surface area contributed by atoms with E-state index in [1.54, 1.807) is 12.1 Å². The molecular formula is C14H22N2O3. The van der Waals surface area contributed by atoms with Gasteiger partial charge in [-0.1, -0.05) is 0 Å². The SMILES string of the molecule is O=C(O)c1cccn1C1CCN(CCCCO)CC1. The lowest BCUT2D eigenvalue weighted by molar-refractivity contribution is 0.0678. The van der Waals surface area contributed by atoms with E-state index in [0.717, 1.165) is 45.3 Å². The second-order valence-corrected chi connectivity index (χ2v) is 5.11. The number of hydrogen-bond donors (Lipinski definition) is 2. The largest absolute Gasteiger partial charge is 0.477 e. The molecule has 0 aliphatic carbocycles. The van der Waals surface area contributed by atoms with Gasteiger partial charge in [0.05, 0.1) is 0 Å². The van der Waals surface area contributed by atoms with Crippen molar-refractivity contribution in [1.29, 1.82) is 0 Å². The number of unbranched alkanes of at least 4 members (excludes halogenated alkanes) is 1. The average Bonchev–Trinajstić information content (AvgIpc) is 2.89. The van der Waals surface area contributed by atoms with E-state index >= 15 is 0 Å². The zero-order valence-electron chi connectivity index (χ0n) is 11.2. The molecule has 1 aliphatic rings. The van der Waals surface area contributed by atoms with E-state index in [-0.39, 0.29) is 6.61 Å². The number of carbonyl (C=O) groups is 1. The Morgan fingerprint density at radius 3 is 2.68 bits per heavy atom. The van der Waals surface area contributed by atoms with Gasteiger partial charge in [0.15, 0.2) is 0 Å². The summed E-state index contributed by atoms with van der Waals surface area (Å²) in [5, 5.41) is 17.9. The molecular weight excluding hydrogens is 244 g/mol. The van der Waals surface area contributed by atoms with E-state index in [9.17, 15) is 4.79 Å². The fourth-order valence-electron chi connectivity index (χ4n) is 2.76. The summed E-state index contributed by atoms with van der Waals surface area (Å²) in [5.41, 5.74) is 0.388. The highest BCUT2D eigenvalue weighted by Crippen LogP contribution is 2.24. The predicted octanol–water partition coefficient (Wildman–Crippen LogP) is 1.60. The van der Waals surface area contributed by atoms with E-state index in [0.29, 0.717) is 11.7 Å². The number of aliphatic hydroxyl groups is 1. The lowest BCUT2D eigenvalue weighted by atomic mass is 10.0. The molecule has 2 N–H and O–H groups in total. The van der Waals surface area contributed by atoms with Gasteiger partial charge in [0.1, 0.15) is 5.69 Å². The molecule has 0 spiro atoms. The first kappa shape index (κ1) is 14.1. The Labute approximate surface area is 113 Å². The topological polar surface area (TPSA) is 65.7 Å². The molecule has 2 heterocycles. The van der Waals surface area contributed by atoms with Crippen LogP contribution in [0.1, 0.15) is 42.2 Å². The molecule has 106 valence electrons. The predicted molar refractivity (Wildman–Crippen MR) is 72.4 cm³/mol. The van der Waals surface area contributed by atoms with Crippen LogP contribution in [0.5, 0.6) is 0 Å². The Morgan fingerprint density at radius 2 is 2.05 bits per heavy atom. The van der Waals surface area contributed by atoms with Crippen molar-refractivity contribution in [2.24, 2.45) is 0 Å². The highest BCUT2D eigenvalue weighted by atomic mass is 16.4. The van der Waals surface area contributed by atoms with Crippen molar-refractivity contribution in [3.05, 3.63) is 24.0 Å². The molecule has 0 amide bonds. The number of aromatic nitrogens is 1. The maximum atomic E-state index is 11.1. The summed E-state index contributed by atoms with van der Waals surface area (Å²) < 4.78 is 1.90. The molecule has 5 nitrogen and oxygen atoms in total. The maximum absolute atomic E-state index is 11.1. The molecule has 5 heteroatoms. The van der Waals surface area contributed by atoms with Crippen molar-refractivity contribution in [3.63, 3.8) is 0 Å². The van der Waals surface area contributed by atoms with Crippen LogP contribution in [0.4, 0.5) is 0 Å². The van der Waals surface area contributed by atoms with Gasteiger partial charge in [-0.15, -0.1) is 0 Å². The summed E-state index contributed by atoms with van der Waals surface area (Å²) in [6.45, 7) is 3.31. The number of hydrogen-bond acceptors (Lipinski definition) is 3. The summed E-state index contributed by atoms with van der Waals surface area (Å²) in [7, 11) is 0. The number of rotatable bonds is 6. The van der Waals surface area contributed by atoms with E-state index in [1.807, 2.05) is 10.8 Å². The molecule has 1 saturated heterocycles. The first-order chi connectivity index (χ1) is 9.22. The van der Waals surface area contributed by atoms with Crippen LogP contribution >= 0.6 is 0 Å². The Bertz CT molecular complexity index is 409. The second-order valence-electron chi connectivity index (χ2n) is 5.11. The number of carboxylic acids is 1. The van der Waals surface area contributed by atoms with Gasteiger partial charge in [-0.2, -0.15) is 0 Å². The van der Waals surface area contributed by atoms with E-state index in [4.69, 9.17) is 10.2 Å². The minimum atomic E-state index is -0.852. The van der Waals surface area contributed by atoms with Crippen LogP contribution in [0.3, 0.4) is 0 Å². The molecule has 0 unspecified atom stereocenters. The van der Waals surface area contributed by atoms with Crippen LogP contribution in [-0.2, 0) is 0 Å². The smallest absolute Gasteiger partial charge is 0.352 e. The van der Waals surface area contributed by atoms with Crippen molar-refractivity contribution in [2.75, 3.05) is 26.2 Å². The number of likely N-dealkylation sites (tertiary alicyclic amines) is 1. The first-order valence-electron chi connectivity index (χ1n) is 6.95. The Hall–Kier alpha value is -1.33. The van der Waals surface area contributed by atoms with Crippen LogP contribution < -0.4 is 0 Å². The molecule has 0 saturated carbocycles. The van der Waals surface area contributed by atoms with E-state index < -0.39 is 5.97 Å². The van der Waals surface area contributed by atoms with Gasteiger partial charge >= 0.3 is 5.97 Å². The lowest BCUT2D eigenvalue weighted by Gasteiger charge is -2.33. The third kappa shape index (κ3) is 3.58. The molecule has 0 bridgehead atoms. The molecule has 1 aromatic heterocycles. The molecule has 1 aromatic rings. The van der Waals surface area contributed by atoms with Crippen LogP contribution in [0.15, 0.2) is 18.3 Å². The fraction of sp³-hybridized carbons (Fsp3) is 0.643. The zero-order chi connectivity index (χ0) is 13.7.